The third-order valence-electron chi connectivity index (χ3n) is 7.08. The highest BCUT2D eigenvalue weighted by Crippen LogP contribution is 2.36. The molecule has 37 heavy (non-hydrogen) atoms. The van der Waals surface area contributed by atoms with E-state index in [0.29, 0.717) is 31.1 Å². The number of hydrogen-bond acceptors (Lipinski definition) is 3. The molecule has 2 fully saturated rings. The summed E-state index contributed by atoms with van der Waals surface area (Å²) in [4.78, 5) is 28.9. The van der Waals surface area contributed by atoms with E-state index >= 15 is 0 Å². The number of nitrogens with one attached hydrogen (secondary N) is 1. The number of nitrogens with zero attached hydrogens (tertiary/aromatic N) is 2. The Morgan fingerprint density at radius 3 is 2.00 bits per heavy atom. The van der Waals surface area contributed by atoms with Crippen LogP contribution in [-0.2, 0) is 17.1 Å². The maximum absolute atomic E-state index is 13.1. The number of halogens is 6. The van der Waals surface area contributed by atoms with Gasteiger partial charge < -0.3 is 10.2 Å². The molecule has 0 bridgehead atoms. The molecule has 11 heteroatoms. The molecule has 1 atom stereocenters. The van der Waals surface area contributed by atoms with Crippen molar-refractivity contribution in [2.24, 2.45) is 0 Å². The monoisotopic (exact) mass is 527 g/mol. The predicted molar refractivity (Wildman–Crippen MR) is 124 cm³/mol. The van der Waals surface area contributed by atoms with Crippen molar-refractivity contribution in [3.63, 3.8) is 0 Å². The summed E-state index contributed by atoms with van der Waals surface area (Å²) in [5, 5.41) is 2.17. The summed E-state index contributed by atoms with van der Waals surface area (Å²) in [5.74, 6) is -1.11. The fourth-order valence-corrected chi connectivity index (χ4v) is 5.05. The van der Waals surface area contributed by atoms with Crippen LogP contribution in [0.3, 0.4) is 0 Å². The van der Waals surface area contributed by atoms with Crippen molar-refractivity contribution >= 4 is 11.8 Å². The van der Waals surface area contributed by atoms with Crippen molar-refractivity contribution < 1.29 is 35.9 Å². The minimum absolute atomic E-state index is 0.0467. The lowest BCUT2D eigenvalue weighted by Crippen LogP contribution is -2.44. The summed E-state index contributed by atoms with van der Waals surface area (Å²) in [6, 6.07) is 11.1. The van der Waals surface area contributed by atoms with Crippen molar-refractivity contribution in [1.82, 2.24) is 15.1 Å². The molecular formula is C26H27F6N3O2. The highest BCUT2D eigenvalue weighted by Gasteiger charge is 2.38. The molecule has 2 heterocycles. The lowest BCUT2D eigenvalue weighted by atomic mass is 9.89. The molecule has 2 aliphatic rings. The number of benzene rings is 2. The van der Waals surface area contributed by atoms with Crippen molar-refractivity contribution in [2.75, 3.05) is 32.7 Å². The van der Waals surface area contributed by atoms with Crippen molar-refractivity contribution in [1.29, 1.82) is 0 Å². The van der Waals surface area contributed by atoms with Crippen molar-refractivity contribution in [3.8, 4) is 0 Å². The molecule has 0 aliphatic carbocycles. The molecule has 2 saturated heterocycles. The van der Waals surface area contributed by atoms with Crippen LogP contribution in [0.2, 0.25) is 0 Å². The van der Waals surface area contributed by atoms with Gasteiger partial charge in [-0.05, 0) is 62.0 Å². The van der Waals surface area contributed by atoms with Crippen LogP contribution in [0.1, 0.15) is 52.2 Å². The van der Waals surface area contributed by atoms with Crippen LogP contribution < -0.4 is 5.32 Å². The van der Waals surface area contributed by atoms with Gasteiger partial charge in [0.05, 0.1) is 17.7 Å². The molecule has 0 aromatic heterocycles. The van der Waals surface area contributed by atoms with Gasteiger partial charge in [0.1, 0.15) is 0 Å². The summed E-state index contributed by atoms with van der Waals surface area (Å²) in [5.41, 5.74) is -2.66. The second kappa shape index (κ2) is 10.7. The molecule has 2 aliphatic heterocycles. The number of alkyl halides is 6. The van der Waals surface area contributed by atoms with Crippen molar-refractivity contribution in [3.05, 3.63) is 70.8 Å². The molecule has 0 radical (unpaired) electrons. The SMILES string of the molecule is O=C(NCC(=O)N1CCC(N2CCC(c3ccccc3)CC2)C1)c1cc(C(F)(F)F)cc(C(F)(F)F)c1. The zero-order valence-electron chi connectivity index (χ0n) is 19.9. The van der Waals surface area contributed by atoms with E-state index in [4.69, 9.17) is 0 Å². The van der Waals surface area contributed by atoms with Crippen LogP contribution in [0, 0.1) is 0 Å². The Bertz CT molecular complexity index is 1080. The van der Waals surface area contributed by atoms with E-state index in [2.05, 4.69) is 22.3 Å². The largest absolute Gasteiger partial charge is 0.416 e. The predicted octanol–water partition coefficient (Wildman–Crippen LogP) is 4.93. The lowest BCUT2D eigenvalue weighted by molar-refractivity contribution is -0.143. The summed E-state index contributed by atoms with van der Waals surface area (Å²) < 4.78 is 78.3. The molecule has 0 saturated carbocycles. The Labute approximate surface area is 210 Å². The van der Waals surface area contributed by atoms with Gasteiger partial charge in [0, 0.05) is 24.7 Å². The first kappa shape index (κ1) is 27.0. The molecule has 1 unspecified atom stereocenters. The van der Waals surface area contributed by atoms with Gasteiger partial charge in [0.15, 0.2) is 0 Å². The van der Waals surface area contributed by atoms with E-state index < -0.39 is 47.4 Å². The number of carbonyl (C=O) groups excluding carboxylic acids is 2. The Kier molecular flexibility index (Phi) is 7.82. The average molecular weight is 528 g/mol. The van der Waals surface area contributed by atoms with Crippen LogP contribution in [0.5, 0.6) is 0 Å². The molecule has 2 aromatic rings. The number of likely N-dealkylation sites (tertiary alicyclic amines) is 2. The second-order valence-corrected chi connectivity index (χ2v) is 9.48. The standard InChI is InChI=1S/C26H27F6N3O2/c27-25(28,29)20-12-19(13-21(14-20)26(30,31)32)24(37)33-15-23(36)35-11-8-22(16-35)34-9-6-18(7-10-34)17-4-2-1-3-5-17/h1-5,12-14,18,22H,6-11,15-16H2,(H,33,37). The number of carbonyl (C=O) groups is 2. The summed E-state index contributed by atoms with van der Waals surface area (Å²) in [7, 11) is 0. The first-order valence-electron chi connectivity index (χ1n) is 12.1. The van der Waals surface area contributed by atoms with E-state index in [0.717, 1.165) is 32.4 Å². The first-order chi connectivity index (χ1) is 17.4. The summed E-state index contributed by atoms with van der Waals surface area (Å²) in [6.45, 7) is 2.23. The van der Waals surface area contributed by atoms with E-state index in [9.17, 15) is 35.9 Å². The molecule has 2 aromatic carbocycles. The van der Waals surface area contributed by atoms with E-state index in [1.807, 2.05) is 18.2 Å². The highest BCUT2D eigenvalue weighted by atomic mass is 19.4. The first-order valence-corrected chi connectivity index (χ1v) is 12.1. The average Bonchev–Trinajstić information content (AvgIpc) is 3.37. The van der Waals surface area contributed by atoms with Crippen LogP contribution >= 0.6 is 0 Å². The zero-order valence-corrected chi connectivity index (χ0v) is 19.9. The van der Waals surface area contributed by atoms with Gasteiger partial charge in [-0.25, -0.2) is 0 Å². The van der Waals surface area contributed by atoms with E-state index in [1.165, 1.54) is 5.56 Å². The zero-order chi connectivity index (χ0) is 26.8. The van der Waals surface area contributed by atoms with Gasteiger partial charge in [0.25, 0.3) is 5.91 Å². The number of hydrogen-bond donors (Lipinski definition) is 1. The topological polar surface area (TPSA) is 52.7 Å². The molecule has 200 valence electrons. The third-order valence-corrected chi connectivity index (χ3v) is 7.08. The van der Waals surface area contributed by atoms with Gasteiger partial charge in [-0.15, -0.1) is 0 Å². The lowest BCUT2D eigenvalue weighted by Gasteiger charge is -2.36. The molecule has 5 nitrogen and oxygen atoms in total. The molecule has 0 spiro atoms. The van der Waals surface area contributed by atoms with E-state index in [1.54, 1.807) is 4.90 Å². The fourth-order valence-electron chi connectivity index (χ4n) is 5.05. The normalized spacial score (nSPS) is 19.7. The van der Waals surface area contributed by atoms with Crippen LogP contribution in [-0.4, -0.2) is 60.4 Å². The second-order valence-electron chi connectivity index (χ2n) is 9.48. The summed E-state index contributed by atoms with van der Waals surface area (Å²) >= 11 is 0. The van der Waals surface area contributed by atoms with Crippen molar-refractivity contribution in [2.45, 2.75) is 43.6 Å². The van der Waals surface area contributed by atoms with Gasteiger partial charge in [-0.2, -0.15) is 26.3 Å². The number of rotatable bonds is 5. The van der Waals surface area contributed by atoms with Crippen LogP contribution in [0.25, 0.3) is 0 Å². The highest BCUT2D eigenvalue weighted by molar-refractivity contribution is 5.96. The quantitative estimate of drug-likeness (QED) is 0.561. The Morgan fingerprint density at radius 2 is 1.43 bits per heavy atom. The molecule has 4 rings (SSSR count). The van der Waals surface area contributed by atoms with Crippen LogP contribution in [0.15, 0.2) is 48.5 Å². The maximum atomic E-state index is 13.1. The maximum Gasteiger partial charge on any atom is 0.416 e. The number of piperidine rings is 1. The molecule has 1 N–H and O–H groups in total. The molecular weight excluding hydrogens is 500 g/mol. The molecule has 2 amide bonds. The van der Waals surface area contributed by atoms with Gasteiger partial charge >= 0.3 is 12.4 Å². The van der Waals surface area contributed by atoms with Crippen LogP contribution in [0.4, 0.5) is 26.3 Å². The minimum atomic E-state index is -5.06. The Balaban J connectivity index is 1.30. The fraction of sp³-hybridized carbons (Fsp3) is 0.462. The van der Waals surface area contributed by atoms with E-state index in [-0.39, 0.29) is 12.1 Å². The summed E-state index contributed by atoms with van der Waals surface area (Å²) in [6.07, 6.45) is -7.33. The third kappa shape index (κ3) is 6.63. The van der Waals surface area contributed by atoms with Gasteiger partial charge in [-0.3, -0.25) is 14.5 Å². The van der Waals surface area contributed by atoms with Gasteiger partial charge in [-0.1, -0.05) is 30.3 Å². The number of amides is 2. The van der Waals surface area contributed by atoms with Gasteiger partial charge in [0.2, 0.25) is 5.91 Å². The smallest absolute Gasteiger partial charge is 0.343 e. The Morgan fingerprint density at radius 1 is 0.838 bits per heavy atom. The Hall–Kier alpha value is -3.08. The minimum Gasteiger partial charge on any atom is -0.343 e.